The van der Waals surface area contributed by atoms with Crippen LogP contribution in [-0.2, 0) is 11.2 Å². The predicted octanol–water partition coefficient (Wildman–Crippen LogP) is 1.77. The molecule has 0 aliphatic heterocycles. The lowest BCUT2D eigenvalue weighted by molar-refractivity contribution is -0.150. The molecule has 16 heavy (non-hydrogen) atoms. The summed E-state index contributed by atoms with van der Waals surface area (Å²) in [6.45, 7) is 0. The molecule has 0 bridgehead atoms. The van der Waals surface area contributed by atoms with Crippen LogP contribution in [0.4, 0.5) is 0 Å². The van der Waals surface area contributed by atoms with Gasteiger partial charge in [0.25, 0.3) is 0 Å². The third-order valence-electron chi connectivity index (χ3n) is 3.49. The van der Waals surface area contributed by atoms with E-state index in [9.17, 15) is 9.90 Å². The predicted molar refractivity (Wildman–Crippen MR) is 57.9 cm³/mol. The van der Waals surface area contributed by atoms with Gasteiger partial charge in [0.15, 0.2) is 0 Å². The summed E-state index contributed by atoms with van der Waals surface area (Å²) in [5.74, 6) is -0.00454. The summed E-state index contributed by atoms with van der Waals surface area (Å²) in [5.41, 5.74) is -0.629. The molecule has 0 atom stereocenters. The standard InChI is InChI=1S/C11H17N3O2/c15-10(16)11(5-3-1-2-4-6-11)7-9-12-8-13-14-9/h8H,1-7H2,(H,15,16)(H,12,13,14). The molecule has 1 aliphatic rings. The van der Waals surface area contributed by atoms with E-state index in [1.807, 2.05) is 0 Å². The van der Waals surface area contributed by atoms with Crippen molar-refractivity contribution in [2.45, 2.75) is 44.9 Å². The minimum atomic E-state index is -0.689. The van der Waals surface area contributed by atoms with Crippen molar-refractivity contribution in [3.63, 3.8) is 0 Å². The number of hydrogen-bond acceptors (Lipinski definition) is 3. The number of aromatic amines is 1. The second-order valence-electron chi connectivity index (χ2n) is 4.61. The van der Waals surface area contributed by atoms with Crippen LogP contribution in [-0.4, -0.2) is 26.3 Å². The maximum atomic E-state index is 11.5. The van der Waals surface area contributed by atoms with Crippen molar-refractivity contribution >= 4 is 5.97 Å². The number of aromatic nitrogens is 3. The number of H-pyrrole nitrogens is 1. The van der Waals surface area contributed by atoms with E-state index >= 15 is 0 Å². The van der Waals surface area contributed by atoms with Crippen molar-refractivity contribution in [3.8, 4) is 0 Å². The van der Waals surface area contributed by atoms with Crippen LogP contribution >= 0.6 is 0 Å². The normalized spacial score (nSPS) is 20.2. The van der Waals surface area contributed by atoms with E-state index in [1.165, 1.54) is 6.33 Å². The molecule has 1 aromatic heterocycles. The first-order valence-corrected chi connectivity index (χ1v) is 5.81. The van der Waals surface area contributed by atoms with Crippen LogP contribution < -0.4 is 0 Å². The van der Waals surface area contributed by atoms with Crippen LogP contribution in [0.25, 0.3) is 0 Å². The topological polar surface area (TPSA) is 78.9 Å². The first-order valence-electron chi connectivity index (χ1n) is 5.81. The van der Waals surface area contributed by atoms with Gasteiger partial charge in [0.05, 0.1) is 5.41 Å². The quantitative estimate of drug-likeness (QED) is 0.765. The molecule has 0 saturated heterocycles. The fraction of sp³-hybridized carbons (Fsp3) is 0.727. The molecule has 1 aliphatic carbocycles. The van der Waals surface area contributed by atoms with Gasteiger partial charge in [-0.1, -0.05) is 25.7 Å². The summed E-state index contributed by atoms with van der Waals surface area (Å²) in [4.78, 5) is 15.5. The SMILES string of the molecule is O=C(O)C1(Cc2ncn[nH]2)CCCCCC1. The Hall–Kier alpha value is -1.39. The molecular formula is C11H17N3O2. The van der Waals surface area contributed by atoms with Gasteiger partial charge in [-0.15, -0.1) is 0 Å². The maximum Gasteiger partial charge on any atom is 0.310 e. The number of nitrogens with zero attached hydrogens (tertiary/aromatic N) is 2. The Morgan fingerprint density at radius 2 is 2.06 bits per heavy atom. The summed E-state index contributed by atoms with van der Waals surface area (Å²) < 4.78 is 0. The number of carboxylic acids is 1. The van der Waals surface area contributed by atoms with Crippen LogP contribution in [0.3, 0.4) is 0 Å². The lowest BCUT2D eigenvalue weighted by atomic mass is 9.77. The van der Waals surface area contributed by atoms with E-state index in [0.29, 0.717) is 12.2 Å². The zero-order valence-electron chi connectivity index (χ0n) is 9.28. The van der Waals surface area contributed by atoms with Gasteiger partial charge in [0.2, 0.25) is 0 Å². The van der Waals surface area contributed by atoms with Crippen molar-refractivity contribution in [2.24, 2.45) is 5.41 Å². The van der Waals surface area contributed by atoms with Crippen molar-refractivity contribution in [1.29, 1.82) is 0 Å². The summed E-state index contributed by atoms with van der Waals surface area (Å²) >= 11 is 0. The number of nitrogens with one attached hydrogen (secondary N) is 1. The van der Waals surface area contributed by atoms with E-state index < -0.39 is 11.4 Å². The monoisotopic (exact) mass is 223 g/mol. The molecule has 1 fully saturated rings. The fourth-order valence-electron chi connectivity index (χ4n) is 2.51. The Labute approximate surface area is 94.3 Å². The Balaban J connectivity index is 2.17. The lowest BCUT2D eigenvalue weighted by Gasteiger charge is -2.26. The van der Waals surface area contributed by atoms with Gasteiger partial charge in [-0.2, -0.15) is 5.10 Å². The molecule has 5 heteroatoms. The average molecular weight is 223 g/mol. The van der Waals surface area contributed by atoms with E-state index in [0.717, 1.165) is 38.5 Å². The lowest BCUT2D eigenvalue weighted by Crippen LogP contribution is -2.33. The van der Waals surface area contributed by atoms with Crippen molar-refractivity contribution in [3.05, 3.63) is 12.2 Å². The Kier molecular flexibility index (Phi) is 3.22. The van der Waals surface area contributed by atoms with E-state index in [2.05, 4.69) is 15.2 Å². The number of carboxylic acid groups (broad SMARTS) is 1. The number of hydrogen-bond donors (Lipinski definition) is 2. The van der Waals surface area contributed by atoms with Crippen LogP contribution in [0, 0.1) is 5.41 Å². The molecule has 2 rings (SSSR count). The van der Waals surface area contributed by atoms with Crippen LogP contribution in [0.2, 0.25) is 0 Å². The van der Waals surface area contributed by atoms with Crippen LogP contribution in [0.5, 0.6) is 0 Å². The molecule has 0 unspecified atom stereocenters. The molecule has 0 radical (unpaired) electrons. The van der Waals surface area contributed by atoms with Gasteiger partial charge in [-0.05, 0) is 12.8 Å². The van der Waals surface area contributed by atoms with Gasteiger partial charge in [-0.25, -0.2) is 4.98 Å². The second-order valence-corrected chi connectivity index (χ2v) is 4.61. The van der Waals surface area contributed by atoms with Crippen LogP contribution in [0.15, 0.2) is 6.33 Å². The van der Waals surface area contributed by atoms with Crippen molar-refractivity contribution < 1.29 is 9.90 Å². The maximum absolute atomic E-state index is 11.5. The molecule has 0 spiro atoms. The molecule has 88 valence electrons. The molecular weight excluding hydrogens is 206 g/mol. The molecule has 2 N–H and O–H groups in total. The molecule has 0 aromatic carbocycles. The number of aliphatic carboxylic acids is 1. The smallest absolute Gasteiger partial charge is 0.310 e. The van der Waals surface area contributed by atoms with Gasteiger partial charge < -0.3 is 5.11 Å². The van der Waals surface area contributed by atoms with Crippen molar-refractivity contribution in [2.75, 3.05) is 0 Å². The average Bonchev–Trinajstić information content (AvgIpc) is 2.62. The molecule has 1 aromatic rings. The summed E-state index contributed by atoms with van der Waals surface area (Å²) in [6, 6.07) is 0. The van der Waals surface area contributed by atoms with E-state index in [4.69, 9.17) is 0 Å². The largest absolute Gasteiger partial charge is 0.481 e. The van der Waals surface area contributed by atoms with Crippen LogP contribution in [0.1, 0.15) is 44.3 Å². The van der Waals surface area contributed by atoms with E-state index in [-0.39, 0.29) is 0 Å². The zero-order valence-corrected chi connectivity index (χ0v) is 9.28. The van der Waals surface area contributed by atoms with Gasteiger partial charge >= 0.3 is 5.97 Å². The summed E-state index contributed by atoms with van der Waals surface area (Å²) in [6.07, 6.45) is 7.70. The first-order chi connectivity index (χ1) is 7.73. The molecule has 1 saturated carbocycles. The van der Waals surface area contributed by atoms with Gasteiger partial charge in [0.1, 0.15) is 12.2 Å². The Morgan fingerprint density at radius 1 is 1.38 bits per heavy atom. The summed E-state index contributed by atoms with van der Waals surface area (Å²) in [7, 11) is 0. The number of carbonyl (C=O) groups is 1. The second kappa shape index (κ2) is 4.63. The minimum absolute atomic E-state index is 0.475. The third kappa shape index (κ3) is 2.23. The highest BCUT2D eigenvalue weighted by Gasteiger charge is 2.39. The molecule has 5 nitrogen and oxygen atoms in total. The van der Waals surface area contributed by atoms with Gasteiger partial charge in [-0.3, -0.25) is 9.89 Å². The Bertz CT molecular complexity index is 340. The zero-order chi connectivity index (χ0) is 11.4. The highest BCUT2D eigenvalue weighted by Crippen LogP contribution is 2.37. The fourth-order valence-corrected chi connectivity index (χ4v) is 2.51. The van der Waals surface area contributed by atoms with E-state index in [1.54, 1.807) is 0 Å². The first kappa shape index (κ1) is 11.1. The highest BCUT2D eigenvalue weighted by atomic mass is 16.4. The van der Waals surface area contributed by atoms with Gasteiger partial charge in [0, 0.05) is 6.42 Å². The number of rotatable bonds is 3. The Morgan fingerprint density at radius 3 is 2.56 bits per heavy atom. The highest BCUT2D eigenvalue weighted by molar-refractivity contribution is 5.75. The summed E-state index contributed by atoms with van der Waals surface area (Å²) in [5, 5.41) is 16.0. The third-order valence-corrected chi connectivity index (χ3v) is 3.49. The molecule has 1 heterocycles. The molecule has 0 amide bonds. The van der Waals surface area contributed by atoms with Crippen molar-refractivity contribution in [1.82, 2.24) is 15.2 Å². The minimum Gasteiger partial charge on any atom is -0.481 e.